The number of carbonyl (C=O) groups is 1. The molecule has 2 atom stereocenters. The van der Waals surface area contributed by atoms with Gasteiger partial charge >= 0.3 is 5.97 Å². The maximum Gasteiger partial charge on any atom is 0.311 e. The van der Waals surface area contributed by atoms with Gasteiger partial charge in [0, 0.05) is 0 Å². The van der Waals surface area contributed by atoms with Crippen LogP contribution in [-0.4, -0.2) is 27.0 Å². The van der Waals surface area contributed by atoms with E-state index in [1.54, 1.807) is 0 Å². The second-order valence-corrected chi connectivity index (χ2v) is 10.3. The van der Waals surface area contributed by atoms with E-state index in [-0.39, 0.29) is 18.0 Å². The van der Waals surface area contributed by atoms with Crippen molar-refractivity contribution in [1.29, 1.82) is 0 Å². The highest BCUT2D eigenvalue weighted by Crippen LogP contribution is 2.33. The van der Waals surface area contributed by atoms with Crippen LogP contribution < -0.4 is 0 Å². The summed E-state index contributed by atoms with van der Waals surface area (Å²) < 4.78 is 11.8. The van der Waals surface area contributed by atoms with Crippen LogP contribution in [0.5, 0.6) is 0 Å². The first kappa shape index (κ1) is 16.7. The van der Waals surface area contributed by atoms with E-state index in [1.165, 1.54) is 6.42 Å². The Morgan fingerprint density at radius 2 is 1.63 bits per heavy atom. The summed E-state index contributed by atoms with van der Waals surface area (Å²) in [7, 11) is -1.62. The average molecular weight is 286 g/mol. The van der Waals surface area contributed by atoms with Crippen LogP contribution in [0.1, 0.15) is 53.4 Å². The van der Waals surface area contributed by atoms with Crippen molar-refractivity contribution in [2.75, 3.05) is 6.61 Å². The van der Waals surface area contributed by atoms with Crippen molar-refractivity contribution in [3.63, 3.8) is 0 Å². The van der Waals surface area contributed by atoms with Gasteiger partial charge in [-0.2, -0.15) is 0 Å². The van der Waals surface area contributed by atoms with Gasteiger partial charge in [0.15, 0.2) is 8.32 Å². The molecular weight excluding hydrogens is 256 g/mol. The fourth-order valence-electron chi connectivity index (χ4n) is 3.08. The van der Waals surface area contributed by atoms with Crippen LogP contribution >= 0.6 is 0 Å². The molecule has 0 aromatic heterocycles. The first-order valence-electron chi connectivity index (χ1n) is 7.96. The molecule has 0 N–H and O–H groups in total. The third-order valence-corrected chi connectivity index (χ3v) is 9.30. The summed E-state index contributed by atoms with van der Waals surface area (Å²) in [6, 6.07) is 3.43. The molecule has 1 aliphatic carbocycles. The van der Waals surface area contributed by atoms with Gasteiger partial charge in [-0.3, -0.25) is 4.79 Å². The fraction of sp³-hybridized carbons (Fsp3) is 0.933. The quantitative estimate of drug-likeness (QED) is 0.521. The van der Waals surface area contributed by atoms with E-state index in [2.05, 4.69) is 20.8 Å². The maximum absolute atomic E-state index is 12.1. The second kappa shape index (κ2) is 8.05. The minimum atomic E-state index is -1.62. The van der Waals surface area contributed by atoms with Gasteiger partial charge in [-0.25, -0.2) is 0 Å². The Labute approximate surface area is 119 Å². The summed E-state index contributed by atoms with van der Waals surface area (Å²) >= 11 is 0. The van der Waals surface area contributed by atoms with Gasteiger partial charge in [-0.1, -0.05) is 33.6 Å². The zero-order valence-corrected chi connectivity index (χ0v) is 14.0. The van der Waals surface area contributed by atoms with Gasteiger partial charge in [-0.15, -0.1) is 0 Å². The third-order valence-electron chi connectivity index (χ3n) is 4.63. The number of rotatable bonds is 7. The van der Waals surface area contributed by atoms with Crippen molar-refractivity contribution >= 4 is 14.3 Å². The predicted molar refractivity (Wildman–Crippen MR) is 80.7 cm³/mol. The molecular formula is C15H30O3Si. The number of hydrogen-bond acceptors (Lipinski definition) is 3. The highest BCUT2D eigenvalue weighted by molar-refractivity contribution is 6.73. The molecule has 4 heteroatoms. The molecule has 0 aromatic rings. The SMILES string of the molecule is CCOC(=O)C1CCCCC1O[Si](CC)(CC)CC. The average Bonchev–Trinajstić information content (AvgIpc) is 2.45. The number of hydrogen-bond donors (Lipinski definition) is 0. The topological polar surface area (TPSA) is 35.5 Å². The van der Waals surface area contributed by atoms with E-state index >= 15 is 0 Å². The Bertz CT molecular complexity index is 268. The Morgan fingerprint density at radius 3 is 2.16 bits per heavy atom. The van der Waals surface area contributed by atoms with Gasteiger partial charge in [0.1, 0.15) is 0 Å². The van der Waals surface area contributed by atoms with Gasteiger partial charge in [0.2, 0.25) is 0 Å². The Kier molecular flexibility index (Phi) is 7.08. The molecule has 0 heterocycles. The molecule has 0 radical (unpaired) electrons. The molecule has 0 bridgehead atoms. The van der Waals surface area contributed by atoms with Gasteiger partial charge in [0.05, 0.1) is 18.6 Å². The number of ether oxygens (including phenoxy) is 1. The van der Waals surface area contributed by atoms with Gasteiger partial charge in [0.25, 0.3) is 0 Å². The first-order chi connectivity index (χ1) is 9.12. The van der Waals surface area contributed by atoms with Crippen molar-refractivity contribution in [3.05, 3.63) is 0 Å². The van der Waals surface area contributed by atoms with E-state index in [0.717, 1.165) is 37.4 Å². The van der Waals surface area contributed by atoms with Crippen LogP contribution in [0.3, 0.4) is 0 Å². The number of carbonyl (C=O) groups excluding carboxylic acids is 1. The van der Waals surface area contributed by atoms with E-state index in [1.807, 2.05) is 6.92 Å². The van der Waals surface area contributed by atoms with Crippen LogP contribution in [0.2, 0.25) is 18.1 Å². The lowest BCUT2D eigenvalue weighted by Crippen LogP contribution is -2.45. The summed E-state index contributed by atoms with van der Waals surface area (Å²) in [4.78, 5) is 12.1. The number of esters is 1. The van der Waals surface area contributed by atoms with Gasteiger partial charge < -0.3 is 9.16 Å². The van der Waals surface area contributed by atoms with Crippen molar-refractivity contribution in [3.8, 4) is 0 Å². The van der Waals surface area contributed by atoms with Crippen molar-refractivity contribution < 1.29 is 14.0 Å². The Hall–Kier alpha value is -0.353. The monoisotopic (exact) mass is 286 g/mol. The molecule has 112 valence electrons. The van der Waals surface area contributed by atoms with E-state index in [9.17, 15) is 4.79 Å². The molecule has 1 aliphatic rings. The third kappa shape index (κ3) is 4.31. The minimum Gasteiger partial charge on any atom is -0.466 e. The lowest BCUT2D eigenvalue weighted by atomic mass is 9.87. The summed E-state index contributed by atoms with van der Waals surface area (Å²) in [6.07, 6.45) is 4.38. The summed E-state index contributed by atoms with van der Waals surface area (Å²) in [5, 5.41) is 0. The van der Waals surface area contributed by atoms with E-state index in [4.69, 9.17) is 9.16 Å². The standard InChI is InChI=1S/C15H30O3Si/c1-5-17-15(16)13-11-9-10-12-14(13)18-19(6-2,7-3)8-4/h13-14H,5-12H2,1-4H3. The predicted octanol–water partition coefficient (Wildman–Crippen LogP) is 4.13. The molecule has 3 nitrogen and oxygen atoms in total. The molecule has 1 saturated carbocycles. The zero-order chi connectivity index (χ0) is 14.3. The van der Waals surface area contributed by atoms with Crippen LogP contribution in [0.25, 0.3) is 0 Å². The van der Waals surface area contributed by atoms with Crippen LogP contribution in [0.15, 0.2) is 0 Å². The lowest BCUT2D eigenvalue weighted by Gasteiger charge is -2.38. The molecule has 0 saturated heterocycles. The molecule has 19 heavy (non-hydrogen) atoms. The van der Waals surface area contributed by atoms with E-state index < -0.39 is 8.32 Å². The molecule has 0 amide bonds. The minimum absolute atomic E-state index is 0.0229. The van der Waals surface area contributed by atoms with Crippen molar-refractivity contribution in [2.24, 2.45) is 5.92 Å². The fourth-order valence-corrected chi connectivity index (χ4v) is 6.00. The van der Waals surface area contributed by atoms with Crippen LogP contribution in [0, 0.1) is 5.92 Å². The molecule has 1 fully saturated rings. The second-order valence-electron chi connectivity index (χ2n) is 5.54. The highest BCUT2D eigenvalue weighted by Gasteiger charge is 2.39. The summed E-state index contributed by atoms with van der Waals surface area (Å²) in [6.45, 7) is 9.06. The molecule has 0 aromatic carbocycles. The van der Waals surface area contributed by atoms with E-state index in [0.29, 0.717) is 6.61 Å². The van der Waals surface area contributed by atoms with Gasteiger partial charge in [-0.05, 0) is 37.9 Å². The van der Waals surface area contributed by atoms with Crippen LogP contribution in [0.4, 0.5) is 0 Å². The summed E-state index contributed by atoms with van der Waals surface area (Å²) in [5.41, 5.74) is 0. The normalized spacial score (nSPS) is 24.2. The van der Waals surface area contributed by atoms with Crippen molar-refractivity contribution in [1.82, 2.24) is 0 Å². The molecule has 2 unspecified atom stereocenters. The smallest absolute Gasteiger partial charge is 0.311 e. The lowest BCUT2D eigenvalue weighted by molar-refractivity contribution is -0.153. The first-order valence-corrected chi connectivity index (χ1v) is 10.5. The molecule has 0 aliphatic heterocycles. The molecule has 1 rings (SSSR count). The summed E-state index contributed by atoms with van der Waals surface area (Å²) in [5.74, 6) is -0.0661. The van der Waals surface area contributed by atoms with Crippen molar-refractivity contribution in [2.45, 2.75) is 77.6 Å². The van der Waals surface area contributed by atoms with Crippen LogP contribution in [-0.2, 0) is 14.0 Å². The largest absolute Gasteiger partial charge is 0.466 e. The Morgan fingerprint density at radius 1 is 1.05 bits per heavy atom. The Balaban J connectivity index is 2.73. The molecule has 0 spiro atoms. The highest BCUT2D eigenvalue weighted by atomic mass is 28.4. The maximum atomic E-state index is 12.1. The zero-order valence-electron chi connectivity index (χ0n) is 13.0.